The first-order valence-electron chi connectivity index (χ1n) is 7.73. The molecule has 1 amide bonds. The van der Waals surface area contributed by atoms with Gasteiger partial charge < -0.3 is 4.74 Å². The predicted molar refractivity (Wildman–Crippen MR) is 96.4 cm³/mol. The van der Waals surface area contributed by atoms with Crippen molar-refractivity contribution in [2.24, 2.45) is 5.10 Å². The normalized spacial score (nSPS) is 13.2. The second-order valence-electron chi connectivity index (χ2n) is 5.68. The molecular weight excluding hydrogens is 359 g/mol. The van der Waals surface area contributed by atoms with Crippen molar-refractivity contribution in [1.29, 1.82) is 0 Å². The molecule has 1 atom stereocenters. The monoisotopic (exact) mass is 378 g/mol. The maximum atomic E-state index is 12.9. The van der Waals surface area contributed by atoms with Crippen LogP contribution in [0.4, 0.5) is 4.39 Å². The lowest BCUT2D eigenvalue weighted by Crippen LogP contribution is -2.33. The van der Waals surface area contributed by atoms with E-state index in [-0.39, 0.29) is 4.90 Å². The van der Waals surface area contributed by atoms with Crippen molar-refractivity contribution in [3.8, 4) is 5.75 Å². The van der Waals surface area contributed by atoms with Crippen molar-refractivity contribution in [2.75, 3.05) is 6.26 Å². The number of hydrogen-bond acceptors (Lipinski definition) is 5. The van der Waals surface area contributed by atoms with Gasteiger partial charge in [-0.15, -0.1) is 0 Å². The van der Waals surface area contributed by atoms with Gasteiger partial charge in [-0.2, -0.15) is 5.10 Å². The first kappa shape index (κ1) is 19.6. The molecule has 26 heavy (non-hydrogen) atoms. The van der Waals surface area contributed by atoms with Gasteiger partial charge in [-0.1, -0.05) is 12.1 Å². The van der Waals surface area contributed by atoms with Crippen LogP contribution in [0.1, 0.15) is 19.4 Å². The van der Waals surface area contributed by atoms with Crippen LogP contribution in [0, 0.1) is 5.82 Å². The molecule has 0 saturated heterocycles. The topological polar surface area (TPSA) is 84.8 Å². The van der Waals surface area contributed by atoms with Crippen molar-refractivity contribution < 1.29 is 22.3 Å². The highest BCUT2D eigenvalue weighted by Crippen LogP contribution is 2.13. The van der Waals surface area contributed by atoms with E-state index in [1.165, 1.54) is 36.4 Å². The van der Waals surface area contributed by atoms with Crippen molar-refractivity contribution in [3.05, 3.63) is 59.9 Å². The molecule has 0 aliphatic carbocycles. The molecule has 2 rings (SSSR count). The molecule has 0 saturated carbocycles. The second kappa shape index (κ2) is 8.09. The Morgan fingerprint density at radius 1 is 1.12 bits per heavy atom. The van der Waals surface area contributed by atoms with E-state index in [0.29, 0.717) is 17.0 Å². The summed E-state index contributed by atoms with van der Waals surface area (Å²) < 4.78 is 41.2. The zero-order valence-electron chi connectivity index (χ0n) is 14.6. The Bertz CT molecular complexity index is 907. The average Bonchev–Trinajstić information content (AvgIpc) is 2.60. The van der Waals surface area contributed by atoms with E-state index < -0.39 is 27.7 Å². The Morgan fingerprint density at radius 3 is 2.23 bits per heavy atom. The third-order valence-corrected chi connectivity index (χ3v) is 4.66. The minimum Gasteiger partial charge on any atom is -0.481 e. The highest BCUT2D eigenvalue weighted by molar-refractivity contribution is 7.90. The van der Waals surface area contributed by atoms with E-state index in [9.17, 15) is 17.6 Å². The van der Waals surface area contributed by atoms with E-state index in [1.54, 1.807) is 26.0 Å². The van der Waals surface area contributed by atoms with E-state index in [4.69, 9.17) is 4.74 Å². The summed E-state index contributed by atoms with van der Waals surface area (Å²) in [6.45, 7) is 3.23. The van der Waals surface area contributed by atoms with Gasteiger partial charge in [-0.05, 0) is 55.8 Å². The van der Waals surface area contributed by atoms with Gasteiger partial charge >= 0.3 is 0 Å². The van der Waals surface area contributed by atoms with Crippen molar-refractivity contribution in [2.45, 2.75) is 24.8 Å². The minimum absolute atomic E-state index is 0.208. The van der Waals surface area contributed by atoms with Crippen LogP contribution in [0.15, 0.2) is 58.5 Å². The number of carbonyl (C=O) groups excluding carboxylic acids is 1. The van der Waals surface area contributed by atoms with Crippen LogP contribution < -0.4 is 10.2 Å². The van der Waals surface area contributed by atoms with Gasteiger partial charge in [0.1, 0.15) is 11.6 Å². The molecule has 0 bridgehead atoms. The first-order valence-corrected chi connectivity index (χ1v) is 9.63. The third-order valence-electron chi connectivity index (χ3n) is 3.53. The molecule has 0 aliphatic rings. The third kappa shape index (κ3) is 5.38. The van der Waals surface area contributed by atoms with Gasteiger partial charge in [-0.25, -0.2) is 18.2 Å². The van der Waals surface area contributed by atoms with Gasteiger partial charge in [0.05, 0.1) is 10.6 Å². The van der Waals surface area contributed by atoms with E-state index >= 15 is 0 Å². The summed E-state index contributed by atoms with van der Waals surface area (Å²) >= 11 is 0. The Kier molecular flexibility index (Phi) is 6.10. The number of rotatable bonds is 6. The quantitative estimate of drug-likeness (QED) is 0.618. The van der Waals surface area contributed by atoms with Crippen LogP contribution in [0.5, 0.6) is 5.75 Å². The summed E-state index contributed by atoms with van der Waals surface area (Å²) in [7, 11) is -3.26. The second-order valence-corrected chi connectivity index (χ2v) is 7.70. The van der Waals surface area contributed by atoms with E-state index in [0.717, 1.165) is 6.26 Å². The number of halogens is 1. The summed E-state index contributed by atoms with van der Waals surface area (Å²) in [4.78, 5) is 12.2. The van der Waals surface area contributed by atoms with Gasteiger partial charge in [-0.3, -0.25) is 4.79 Å². The molecule has 0 fully saturated rings. The van der Waals surface area contributed by atoms with Crippen LogP contribution in [0.2, 0.25) is 0 Å². The fourth-order valence-electron chi connectivity index (χ4n) is 2.01. The molecule has 0 heterocycles. The number of benzene rings is 2. The average molecular weight is 378 g/mol. The largest absolute Gasteiger partial charge is 0.481 e. The van der Waals surface area contributed by atoms with Gasteiger partial charge in [0.15, 0.2) is 15.9 Å². The summed E-state index contributed by atoms with van der Waals surface area (Å²) in [5.74, 6) is -0.496. The number of nitrogens with zero attached hydrogens (tertiary/aromatic N) is 1. The number of hydrazone groups is 1. The van der Waals surface area contributed by atoms with Gasteiger partial charge in [0, 0.05) is 6.26 Å². The summed E-state index contributed by atoms with van der Waals surface area (Å²) in [5, 5.41) is 3.99. The van der Waals surface area contributed by atoms with Crippen LogP contribution in [-0.4, -0.2) is 32.4 Å². The Hall–Kier alpha value is -2.74. The van der Waals surface area contributed by atoms with Crippen LogP contribution in [0.25, 0.3) is 0 Å². The molecule has 0 aliphatic heterocycles. The molecule has 2 aromatic rings. The maximum Gasteiger partial charge on any atom is 0.280 e. The molecule has 0 aromatic heterocycles. The fourth-order valence-corrected chi connectivity index (χ4v) is 2.64. The van der Waals surface area contributed by atoms with Crippen molar-refractivity contribution in [1.82, 2.24) is 5.43 Å². The highest BCUT2D eigenvalue weighted by Gasteiger charge is 2.14. The van der Waals surface area contributed by atoms with E-state index in [1.807, 2.05) is 0 Å². The lowest BCUT2D eigenvalue weighted by Gasteiger charge is -2.13. The molecule has 8 heteroatoms. The number of sulfone groups is 1. The lowest BCUT2D eigenvalue weighted by molar-refractivity contribution is -0.127. The molecule has 1 N–H and O–H groups in total. The maximum absolute atomic E-state index is 12.9. The number of ether oxygens (including phenoxy) is 1. The van der Waals surface area contributed by atoms with Gasteiger partial charge in [0.2, 0.25) is 0 Å². The Morgan fingerprint density at radius 2 is 1.69 bits per heavy atom. The predicted octanol–water partition coefficient (Wildman–Crippen LogP) is 2.54. The molecular formula is C18H19FN2O4S. The first-order chi connectivity index (χ1) is 12.2. The van der Waals surface area contributed by atoms with Crippen LogP contribution in [-0.2, 0) is 14.6 Å². The number of carbonyl (C=O) groups is 1. The SMILES string of the molecule is C/C(=N/NC(=O)[C@@H](C)Oc1ccc(F)cc1)c1ccc(S(C)(=O)=O)cc1. The highest BCUT2D eigenvalue weighted by atomic mass is 32.2. The summed E-state index contributed by atoms with van der Waals surface area (Å²) in [6, 6.07) is 11.5. The smallest absolute Gasteiger partial charge is 0.280 e. The van der Waals surface area contributed by atoms with Crippen molar-refractivity contribution >= 4 is 21.5 Å². The Balaban J connectivity index is 1.98. The zero-order valence-corrected chi connectivity index (χ0v) is 15.4. The summed E-state index contributed by atoms with van der Waals surface area (Å²) in [6.07, 6.45) is 0.302. The number of hydrogen-bond donors (Lipinski definition) is 1. The Labute approximate surface area is 151 Å². The minimum atomic E-state index is -3.26. The van der Waals surface area contributed by atoms with Crippen LogP contribution in [0.3, 0.4) is 0 Å². The molecule has 2 aromatic carbocycles. The molecule has 0 unspecified atom stereocenters. The van der Waals surface area contributed by atoms with Crippen molar-refractivity contribution in [3.63, 3.8) is 0 Å². The van der Waals surface area contributed by atoms with Crippen LogP contribution >= 0.6 is 0 Å². The van der Waals surface area contributed by atoms with E-state index in [2.05, 4.69) is 10.5 Å². The molecule has 6 nitrogen and oxygen atoms in total. The fraction of sp³-hybridized carbons (Fsp3) is 0.222. The molecule has 0 radical (unpaired) electrons. The standard InChI is InChI=1S/C18H19FN2O4S/c1-12(14-4-10-17(11-5-14)26(3,23)24)20-21-18(22)13(2)25-16-8-6-15(19)7-9-16/h4-11,13H,1-3H3,(H,21,22)/b20-12-/t13-/m1/s1. The van der Waals surface area contributed by atoms with Gasteiger partial charge in [0.25, 0.3) is 5.91 Å². The molecule has 138 valence electrons. The number of nitrogens with one attached hydrogen (secondary N) is 1. The summed E-state index contributed by atoms with van der Waals surface area (Å²) in [5.41, 5.74) is 3.57. The molecule has 0 spiro atoms. The zero-order chi connectivity index (χ0) is 19.3. The lowest BCUT2D eigenvalue weighted by atomic mass is 10.1. The number of amides is 1.